The van der Waals surface area contributed by atoms with E-state index in [1.807, 2.05) is 31.2 Å². The highest BCUT2D eigenvalue weighted by Gasteiger charge is 2.20. The minimum Gasteiger partial charge on any atom is -0.335 e. The second-order valence-electron chi connectivity index (χ2n) is 5.88. The number of H-pyrrole nitrogens is 1. The van der Waals surface area contributed by atoms with E-state index >= 15 is 0 Å². The highest BCUT2D eigenvalue weighted by molar-refractivity contribution is 5.95. The molecule has 1 amide bonds. The lowest BCUT2D eigenvalue weighted by Gasteiger charge is -2.26. The van der Waals surface area contributed by atoms with E-state index in [0.29, 0.717) is 11.3 Å². The van der Waals surface area contributed by atoms with Crippen molar-refractivity contribution in [3.05, 3.63) is 76.2 Å². The number of nitrogens with one attached hydrogen (secondary N) is 1. The molecule has 7 nitrogen and oxygen atoms in total. The van der Waals surface area contributed by atoms with Crippen LogP contribution in [0.5, 0.6) is 0 Å². The van der Waals surface area contributed by atoms with Crippen LogP contribution in [-0.2, 0) is 0 Å². The van der Waals surface area contributed by atoms with E-state index < -0.39 is 0 Å². The summed E-state index contributed by atoms with van der Waals surface area (Å²) < 4.78 is 1.67. The first kappa shape index (κ1) is 16.6. The summed E-state index contributed by atoms with van der Waals surface area (Å²) in [5.74, 6) is -0.137. The summed E-state index contributed by atoms with van der Waals surface area (Å²) in [6, 6.07) is 10.6. The summed E-state index contributed by atoms with van der Waals surface area (Å²) in [6.07, 6.45) is 3.11. The second kappa shape index (κ2) is 6.72. The number of nitrogens with zero attached hydrogens (tertiary/aromatic N) is 4. The molecule has 0 spiro atoms. The van der Waals surface area contributed by atoms with Crippen molar-refractivity contribution >= 4 is 5.91 Å². The minimum atomic E-state index is -0.214. The Morgan fingerprint density at radius 1 is 1.20 bits per heavy atom. The Hall–Kier alpha value is -3.22. The molecule has 0 fully saturated rings. The maximum Gasteiger partial charge on any atom is 0.255 e. The average molecular weight is 337 g/mol. The van der Waals surface area contributed by atoms with E-state index in [-0.39, 0.29) is 17.5 Å². The van der Waals surface area contributed by atoms with E-state index in [0.717, 1.165) is 11.3 Å². The van der Waals surface area contributed by atoms with Crippen LogP contribution in [0.1, 0.15) is 34.6 Å². The van der Waals surface area contributed by atoms with Crippen molar-refractivity contribution in [2.75, 3.05) is 7.05 Å². The van der Waals surface area contributed by atoms with Gasteiger partial charge in [0.1, 0.15) is 12.7 Å². The van der Waals surface area contributed by atoms with E-state index in [9.17, 15) is 9.59 Å². The van der Waals surface area contributed by atoms with Crippen LogP contribution in [-0.4, -0.2) is 37.6 Å². The third kappa shape index (κ3) is 3.35. The van der Waals surface area contributed by atoms with Crippen molar-refractivity contribution in [2.45, 2.75) is 19.9 Å². The first-order valence-electron chi connectivity index (χ1n) is 7.89. The Labute approximate surface area is 144 Å². The maximum atomic E-state index is 12.7. The Balaban J connectivity index is 1.80. The summed E-state index contributed by atoms with van der Waals surface area (Å²) in [7, 11) is 1.75. The summed E-state index contributed by atoms with van der Waals surface area (Å²) in [6.45, 7) is 3.68. The normalized spacial score (nSPS) is 12.0. The zero-order valence-corrected chi connectivity index (χ0v) is 14.3. The molecule has 2 heterocycles. The molecule has 0 bridgehead atoms. The van der Waals surface area contributed by atoms with Gasteiger partial charge in [-0.3, -0.25) is 9.59 Å². The fourth-order valence-corrected chi connectivity index (χ4v) is 2.65. The molecule has 1 atom stereocenters. The molecule has 0 unspecified atom stereocenters. The number of carbonyl (C=O) groups is 1. The molecule has 0 aliphatic carbocycles. The topological polar surface area (TPSA) is 83.9 Å². The first-order chi connectivity index (χ1) is 12.0. The van der Waals surface area contributed by atoms with Gasteiger partial charge < -0.3 is 9.88 Å². The van der Waals surface area contributed by atoms with Crippen molar-refractivity contribution in [3.63, 3.8) is 0 Å². The molecule has 3 aromatic rings. The number of hydrogen-bond donors (Lipinski definition) is 1. The zero-order chi connectivity index (χ0) is 18.0. The molecule has 1 N–H and O–H groups in total. The first-order valence-corrected chi connectivity index (χ1v) is 7.89. The fourth-order valence-electron chi connectivity index (χ4n) is 2.65. The van der Waals surface area contributed by atoms with Gasteiger partial charge in [-0.05, 0) is 37.6 Å². The largest absolute Gasteiger partial charge is 0.335 e. The van der Waals surface area contributed by atoms with Gasteiger partial charge in [0.15, 0.2) is 0 Å². The molecule has 0 aliphatic rings. The van der Waals surface area contributed by atoms with Crippen LogP contribution in [0.25, 0.3) is 5.69 Å². The van der Waals surface area contributed by atoms with Gasteiger partial charge >= 0.3 is 0 Å². The molecule has 0 saturated carbocycles. The van der Waals surface area contributed by atoms with Crippen LogP contribution in [0, 0.1) is 6.92 Å². The van der Waals surface area contributed by atoms with Gasteiger partial charge in [-0.15, -0.1) is 0 Å². The molecule has 128 valence electrons. The number of hydrogen-bond acceptors (Lipinski definition) is 4. The molecule has 3 rings (SSSR count). The smallest absolute Gasteiger partial charge is 0.255 e. The Morgan fingerprint density at radius 3 is 2.52 bits per heavy atom. The molecular formula is C18H19N5O2. The Morgan fingerprint density at radius 2 is 1.92 bits per heavy atom. The number of benzene rings is 1. The van der Waals surface area contributed by atoms with Gasteiger partial charge in [0.2, 0.25) is 5.56 Å². The van der Waals surface area contributed by atoms with Crippen LogP contribution >= 0.6 is 0 Å². The van der Waals surface area contributed by atoms with Crippen LogP contribution in [0.2, 0.25) is 0 Å². The average Bonchev–Trinajstić information content (AvgIpc) is 3.15. The van der Waals surface area contributed by atoms with Crippen LogP contribution in [0.4, 0.5) is 0 Å². The number of aryl methyl sites for hydroxylation is 1. The molecular weight excluding hydrogens is 318 g/mol. The number of rotatable bonds is 4. The van der Waals surface area contributed by atoms with E-state index in [1.165, 1.54) is 12.4 Å². The molecule has 7 heteroatoms. The van der Waals surface area contributed by atoms with Crippen LogP contribution in [0.3, 0.4) is 0 Å². The predicted molar refractivity (Wildman–Crippen MR) is 93.7 cm³/mol. The monoisotopic (exact) mass is 337 g/mol. The fraction of sp³-hybridized carbons (Fsp3) is 0.222. The van der Waals surface area contributed by atoms with E-state index in [2.05, 4.69) is 15.1 Å². The number of aromatic amines is 1. The van der Waals surface area contributed by atoms with Crippen LogP contribution < -0.4 is 5.56 Å². The number of carbonyl (C=O) groups excluding carboxylic acids is 1. The quantitative estimate of drug-likeness (QED) is 0.790. The third-order valence-electron chi connectivity index (χ3n) is 4.31. The number of pyridine rings is 1. The van der Waals surface area contributed by atoms with Gasteiger partial charge in [-0.1, -0.05) is 12.1 Å². The Bertz CT molecular complexity index is 929. The third-order valence-corrected chi connectivity index (χ3v) is 4.31. The Kier molecular flexibility index (Phi) is 4.47. The molecule has 1 aromatic carbocycles. The standard InChI is InChI=1S/C18H19N5O2/c1-12-16(8-9-17(24)21-12)18(25)22(3)13(2)14-4-6-15(7-5-14)23-11-19-10-20-23/h4-11,13H,1-3H3,(H,21,24)/t13-/m1/s1. The lowest BCUT2D eigenvalue weighted by atomic mass is 10.1. The zero-order valence-electron chi connectivity index (χ0n) is 14.3. The molecule has 0 aliphatic heterocycles. The van der Waals surface area contributed by atoms with Gasteiger partial charge in [-0.2, -0.15) is 5.10 Å². The summed E-state index contributed by atoms with van der Waals surface area (Å²) in [5.41, 5.74) is 2.75. The predicted octanol–water partition coefficient (Wildman–Crippen LogP) is 2.10. The van der Waals surface area contributed by atoms with Crippen molar-refractivity contribution in [1.82, 2.24) is 24.6 Å². The summed E-state index contributed by atoms with van der Waals surface area (Å²) >= 11 is 0. The highest BCUT2D eigenvalue weighted by atomic mass is 16.2. The van der Waals surface area contributed by atoms with Gasteiger partial charge in [0.05, 0.1) is 17.3 Å². The number of aromatic nitrogens is 4. The number of amides is 1. The van der Waals surface area contributed by atoms with Gasteiger partial charge in [0.25, 0.3) is 5.91 Å². The maximum absolute atomic E-state index is 12.7. The van der Waals surface area contributed by atoms with Crippen molar-refractivity contribution in [1.29, 1.82) is 0 Å². The van der Waals surface area contributed by atoms with Crippen LogP contribution in [0.15, 0.2) is 53.8 Å². The van der Waals surface area contributed by atoms with Crippen molar-refractivity contribution < 1.29 is 4.79 Å². The van der Waals surface area contributed by atoms with Crippen molar-refractivity contribution in [3.8, 4) is 5.69 Å². The second-order valence-corrected chi connectivity index (χ2v) is 5.88. The lowest BCUT2D eigenvalue weighted by molar-refractivity contribution is 0.0741. The summed E-state index contributed by atoms with van der Waals surface area (Å²) in [5, 5.41) is 4.09. The van der Waals surface area contributed by atoms with Crippen molar-refractivity contribution in [2.24, 2.45) is 0 Å². The van der Waals surface area contributed by atoms with E-state index in [1.54, 1.807) is 35.9 Å². The SMILES string of the molecule is Cc1[nH]c(=O)ccc1C(=O)N(C)[C@H](C)c1ccc(-n2cncn2)cc1. The highest BCUT2D eigenvalue weighted by Crippen LogP contribution is 2.22. The molecule has 0 saturated heterocycles. The lowest BCUT2D eigenvalue weighted by Crippen LogP contribution is -2.31. The molecule has 2 aromatic heterocycles. The summed E-state index contributed by atoms with van der Waals surface area (Å²) in [4.78, 5) is 32.3. The van der Waals surface area contributed by atoms with E-state index in [4.69, 9.17) is 0 Å². The minimum absolute atomic E-state index is 0.122. The van der Waals surface area contributed by atoms with Gasteiger partial charge in [-0.25, -0.2) is 9.67 Å². The molecule has 0 radical (unpaired) electrons. The van der Waals surface area contributed by atoms with Gasteiger partial charge in [0, 0.05) is 18.8 Å². The molecule has 25 heavy (non-hydrogen) atoms.